The summed E-state index contributed by atoms with van der Waals surface area (Å²) < 4.78 is 5.65. The smallest absolute Gasteiger partial charge is 0.127 e. The molecule has 0 spiro atoms. The first-order valence-electron chi connectivity index (χ1n) is 6.02. The number of ether oxygens (including phenoxy) is 1. The van der Waals surface area contributed by atoms with Gasteiger partial charge in [0.05, 0.1) is 5.85 Å². The lowest BCUT2D eigenvalue weighted by Gasteiger charge is -2.08. The molecule has 0 aromatic heterocycles. The van der Waals surface area contributed by atoms with Crippen LogP contribution in [0, 0.1) is 0 Å². The Morgan fingerprint density at radius 1 is 0.944 bits per heavy atom. The largest absolute Gasteiger partial charge is 0.457 e. The van der Waals surface area contributed by atoms with Crippen molar-refractivity contribution < 1.29 is 9.84 Å². The Morgan fingerprint density at radius 3 is 2.17 bits per heavy atom. The topological polar surface area (TPSA) is 29.5 Å². The average Bonchev–Trinajstić information content (AvgIpc) is 2.42. The van der Waals surface area contributed by atoms with Gasteiger partial charge in [-0.25, -0.2) is 0 Å². The van der Waals surface area contributed by atoms with Gasteiger partial charge in [0.15, 0.2) is 0 Å². The van der Waals surface area contributed by atoms with E-state index in [9.17, 15) is 5.11 Å². The molecule has 2 nitrogen and oxygen atoms in total. The number of benzene rings is 2. The summed E-state index contributed by atoms with van der Waals surface area (Å²) >= 11 is 0. The quantitative estimate of drug-likeness (QED) is 0.832. The summed E-state index contributed by atoms with van der Waals surface area (Å²) in [4.78, 5) is 0. The number of rotatable bonds is 3. The molecule has 2 unspecified atom stereocenters. The van der Waals surface area contributed by atoms with E-state index in [-0.39, 0.29) is 0 Å². The van der Waals surface area contributed by atoms with Crippen molar-refractivity contribution in [3.63, 3.8) is 0 Å². The van der Waals surface area contributed by atoms with Crippen LogP contribution in [0.4, 0.5) is 0 Å². The van der Waals surface area contributed by atoms with Gasteiger partial charge in [-0.3, -0.25) is 0 Å². The highest BCUT2D eigenvalue weighted by atomic mass is 31.0. The third kappa shape index (κ3) is 4.48. The summed E-state index contributed by atoms with van der Waals surface area (Å²) in [6, 6.07) is 17.0. The predicted octanol–water partition coefficient (Wildman–Crippen LogP) is 4.37. The maximum atomic E-state index is 9.42. The molecule has 0 amide bonds. The molecule has 3 heteroatoms. The standard InChI is InChI=1S/C13H13O2P.C2H6/c14-13(16)10-5-4-8-12(9-10)15-11-6-2-1-3-7-11;1-2/h1-9,13-14H,16H2;1-2H3. The van der Waals surface area contributed by atoms with Crippen molar-refractivity contribution in [2.75, 3.05) is 0 Å². The van der Waals surface area contributed by atoms with Crippen LogP contribution >= 0.6 is 9.24 Å². The molecule has 0 radical (unpaired) electrons. The van der Waals surface area contributed by atoms with Crippen LogP contribution in [0.2, 0.25) is 0 Å². The molecule has 0 aliphatic rings. The summed E-state index contributed by atoms with van der Waals surface area (Å²) in [6.45, 7) is 4.00. The maximum Gasteiger partial charge on any atom is 0.127 e. The second-order valence-corrected chi connectivity index (χ2v) is 4.06. The molecule has 2 rings (SSSR count). The Bertz CT molecular complexity index is 455. The maximum absolute atomic E-state index is 9.42. The third-order valence-electron chi connectivity index (χ3n) is 2.18. The van der Waals surface area contributed by atoms with Crippen molar-refractivity contribution in [1.29, 1.82) is 0 Å². The van der Waals surface area contributed by atoms with E-state index in [4.69, 9.17) is 4.74 Å². The first-order valence-corrected chi connectivity index (χ1v) is 6.69. The lowest BCUT2D eigenvalue weighted by Crippen LogP contribution is -1.89. The van der Waals surface area contributed by atoms with Crippen molar-refractivity contribution >= 4 is 9.24 Å². The van der Waals surface area contributed by atoms with Crippen LogP contribution in [0.3, 0.4) is 0 Å². The monoisotopic (exact) mass is 262 g/mol. The molecule has 2 aromatic rings. The Labute approximate surface area is 111 Å². The van der Waals surface area contributed by atoms with Crippen molar-refractivity contribution in [1.82, 2.24) is 0 Å². The fourth-order valence-corrected chi connectivity index (χ4v) is 1.59. The van der Waals surface area contributed by atoms with Crippen LogP contribution in [-0.4, -0.2) is 5.11 Å². The minimum absolute atomic E-state index is 0.556. The van der Waals surface area contributed by atoms with E-state index in [2.05, 4.69) is 9.24 Å². The third-order valence-corrected chi connectivity index (χ3v) is 2.56. The predicted molar refractivity (Wildman–Crippen MR) is 79.0 cm³/mol. The van der Waals surface area contributed by atoms with E-state index in [0.717, 1.165) is 17.1 Å². The Morgan fingerprint density at radius 2 is 1.56 bits per heavy atom. The van der Waals surface area contributed by atoms with E-state index >= 15 is 0 Å². The summed E-state index contributed by atoms with van der Waals surface area (Å²) in [6.07, 6.45) is 0. The van der Waals surface area contributed by atoms with Gasteiger partial charge in [0.1, 0.15) is 11.5 Å². The highest BCUT2D eigenvalue weighted by Gasteiger charge is 2.02. The van der Waals surface area contributed by atoms with Crippen LogP contribution in [-0.2, 0) is 0 Å². The van der Waals surface area contributed by atoms with Gasteiger partial charge in [-0.1, -0.05) is 44.2 Å². The highest BCUT2D eigenvalue weighted by molar-refractivity contribution is 7.16. The highest BCUT2D eigenvalue weighted by Crippen LogP contribution is 2.26. The molecule has 18 heavy (non-hydrogen) atoms. The molecular weight excluding hydrogens is 243 g/mol. The zero-order valence-corrected chi connectivity index (χ0v) is 11.9. The van der Waals surface area contributed by atoms with Crippen molar-refractivity contribution in [2.24, 2.45) is 0 Å². The van der Waals surface area contributed by atoms with Crippen LogP contribution < -0.4 is 4.74 Å². The van der Waals surface area contributed by atoms with Crippen molar-refractivity contribution in [2.45, 2.75) is 19.7 Å². The van der Waals surface area contributed by atoms with E-state index in [0.29, 0.717) is 0 Å². The van der Waals surface area contributed by atoms with Gasteiger partial charge >= 0.3 is 0 Å². The van der Waals surface area contributed by atoms with Crippen LogP contribution in [0.1, 0.15) is 25.3 Å². The van der Waals surface area contributed by atoms with Gasteiger partial charge in [0, 0.05) is 0 Å². The minimum Gasteiger partial charge on any atom is -0.457 e. The molecule has 0 bridgehead atoms. The fourth-order valence-electron chi connectivity index (χ4n) is 1.39. The summed E-state index contributed by atoms with van der Waals surface area (Å²) in [7, 11) is 2.34. The molecule has 1 N–H and O–H groups in total. The molecular formula is C15H19O2P. The first-order chi connectivity index (χ1) is 8.75. The van der Waals surface area contributed by atoms with E-state index in [1.54, 1.807) is 0 Å². The number of hydrogen-bond donors (Lipinski definition) is 1. The van der Waals surface area contributed by atoms with Gasteiger partial charge in [-0.05, 0) is 29.8 Å². The van der Waals surface area contributed by atoms with Crippen LogP contribution in [0.5, 0.6) is 11.5 Å². The van der Waals surface area contributed by atoms with Crippen molar-refractivity contribution in [3.05, 3.63) is 60.2 Å². The number of aliphatic hydroxyl groups is 1. The van der Waals surface area contributed by atoms with Crippen LogP contribution in [0.15, 0.2) is 54.6 Å². The van der Waals surface area contributed by atoms with Gasteiger partial charge < -0.3 is 9.84 Å². The van der Waals surface area contributed by atoms with E-state index in [1.165, 1.54) is 0 Å². The Kier molecular flexibility index (Phi) is 6.42. The molecule has 0 heterocycles. The molecule has 0 aliphatic carbocycles. The normalized spacial score (nSPS) is 11.1. The Balaban J connectivity index is 0.000000771. The summed E-state index contributed by atoms with van der Waals surface area (Å²) in [5, 5.41) is 9.42. The van der Waals surface area contributed by atoms with Gasteiger partial charge in [-0.2, -0.15) is 0 Å². The van der Waals surface area contributed by atoms with Gasteiger partial charge in [0.25, 0.3) is 0 Å². The zero-order chi connectivity index (χ0) is 13.4. The molecule has 2 aromatic carbocycles. The number of para-hydroxylation sites is 1. The lowest BCUT2D eigenvalue weighted by molar-refractivity contribution is 0.269. The van der Waals surface area contributed by atoms with Gasteiger partial charge in [-0.15, -0.1) is 9.24 Å². The first kappa shape index (κ1) is 14.7. The lowest BCUT2D eigenvalue weighted by atomic mass is 10.2. The van der Waals surface area contributed by atoms with E-state index in [1.807, 2.05) is 68.4 Å². The Hall–Kier alpha value is -1.37. The average molecular weight is 262 g/mol. The number of aliphatic hydroxyl groups excluding tert-OH is 1. The second kappa shape index (κ2) is 7.86. The molecule has 0 saturated heterocycles. The molecule has 0 aliphatic heterocycles. The van der Waals surface area contributed by atoms with Crippen LogP contribution in [0.25, 0.3) is 0 Å². The van der Waals surface area contributed by atoms with E-state index < -0.39 is 5.85 Å². The summed E-state index contributed by atoms with van der Waals surface area (Å²) in [5.41, 5.74) is 0.818. The van der Waals surface area contributed by atoms with Gasteiger partial charge in [0.2, 0.25) is 0 Å². The molecule has 0 fully saturated rings. The molecule has 0 saturated carbocycles. The SMILES string of the molecule is CC.OC(P)c1cccc(Oc2ccccc2)c1. The molecule has 2 atom stereocenters. The second-order valence-electron chi connectivity index (χ2n) is 3.43. The fraction of sp³-hybridized carbons (Fsp3) is 0.200. The minimum atomic E-state index is -0.556. The zero-order valence-electron chi connectivity index (χ0n) is 10.7. The molecule has 96 valence electrons. The van der Waals surface area contributed by atoms with Crippen molar-refractivity contribution in [3.8, 4) is 11.5 Å². The summed E-state index contributed by atoms with van der Waals surface area (Å²) in [5.74, 6) is 0.961. The number of hydrogen-bond acceptors (Lipinski definition) is 2.